The Morgan fingerprint density at radius 3 is 2.38 bits per heavy atom. The van der Waals surface area contributed by atoms with E-state index in [1.54, 1.807) is 54.9 Å². The fourth-order valence-electron chi connectivity index (χ4n) is 3.47. The summed E-state index contributed by atoms with van der Waals surface area (Å²) in [4.78, 5) is 31.1. The van der Waals surface area contributed by atoms with E-state index in [2.05, 4.69) is 4.98 Å². The monoisotopic (exact) mass is 388 g/mol. The highest BCUT2D eigenvalue weighted by Gasteiger charge is 2.46. The van der Waals surface area contributed by atoms with E-state index in [0.29, 0.717) is 11.1 Å². The van der Waals surface area contributed by atoms with E-state index >= 15 is 0 Å². The van der Waals surface area contributed by atoms with Gasteiger partial charge < -0.3 is 10.0 Å². The number of likely N-dealkylation sites (tertiary alicyclic amines) is 1. The van der Waals surface area contributed by atoms with Crippen LogP contribution in [0.15, 0.2) is 84.7 Å². The molecule has 4 rings (SSSR count). The molecule has 29 heavy (non-hydrogen) atoms. The van der Waals surface area contributed by atoms with Gasteiger partial charge in [-0.25, -0.2) is 4.39 Å². The van der Waals surface area contributed by atoms with Gasteiger partial charge in [0.1, 0.15) is 11.6 Å². The largest absolute Gasteiger partial charge is 0.507 e. The van der Waals surface area contributed by atoms with Crippen molar-refractivity contribution in [2.75, 3.05) is 0 Å². The average Bonchev–Trinajstić information content (AvgIpc) is 3.00. The summed E-state index contributed by atoms with van der Waals surface area (Å²) < 4.78 is 13.5. The first-order valence-corrected chi connectivity index (χ1v) is 9.04. The van der Waals surface area contributed by atoms with Gasteiger partial charge in [0, 0.05) is 24.5 Å². The number of hydrogen-bond donors (Lipinski definition) is 1. The number of aromatic nitrogens is 1. The summed E-state index contributed by atoms with van der Waals surface area (Å²) in [6.45, 7) is 0.131. The lowest BCUT2D eigenvalue weighted by molar-refractivity contribution is -0.140. The number of rotatable bonds is 4. The van der Waals surface area contributed by atoms with Crippen LogP contribution in [0, 0.1) is 5.82 Å². The zero-order valence-corrected chi connectivity index (χ0v) is 15.3. The van der Waals surface area contributed by atoms with Gasteiger partial charge in [-0.2, -0.15) is 0 Å². The third-order valence-corrected chi connectivity index (χ3v) is 4.85. The second-order valence-electron chi connectivity index (χ2n) is 6.71. The predicted octanol–water partition coefficient (Wildman–Crippen LogP) is 3.84. The fraction of sp³-hybridized carbons (Fsp3) is 0.0870. The molecule has 0 unspecified atom stereocenters. The highest BCUT2D eigenvalue weighted by Crippen LogP contribution is 2.40. The van der Waals surface area contributed by atoms with E-state index in [1.165, 1.54) is 29.2 Å². The van der Waals surface area contributed by atoms with Crippen molar-refractivity contribution < 1.29 is 19.1 Å². The van der Waals surface area contributed by atoms with Crippen LogP contribution in [0.5, 0.6) is 0 Å². The minimum Gasteiger partial charge on any atom is -0.507 e. The van der Waals surface area contributed by atoms with Gasteiger partial charge in [0.25, 0.3) is 11.7 Å². The Hall–Kier alpha value is -3.80. The maximum Gasteiger partial charge on any atom is 0.295 e. The van der Waals surface area contributed by atoms with Crippen LogP contribution in [0.1, 0.15) is 22.7 Å². The van der Waals surface area contributed by atoms with Gasteiger partial charge in [-0.15, -0.1) is 0 Å². The zero-order chi connectivity index (χ0) is 20.4. The molecular formula is C23H17FN2O3. The summed E-state index contributed by atoms with van der Waals surface area (Å²) in [5.41, 5.74) is 1.68. The molecule has 0 aliphatic carbocycles. The Balaban J connectivity index is 1.86. The van der Waals surface area contributed by atoms with E-state index in [9.17, 15) is 19.1 Å². The number of halogens is 1. The maximum absolute atomic E-state index is 13.5. The van der Waals surface area contributed by atoms with Crippen molar-refractivity contribution in [1.82, 2.24) is 9.88 Å². The molecule has 1 amide bonds. The normalized spacial score (nSPS) is 18.2. The number of benzene rings is 2. The molecule has 1 aliphatic rings. The van der Waals surface area contributed by atoms with Gasteiger partial charge in [-0.3, -0.25) is 14.6 Å². The molecule has 6 heteroatoms. The molecule has 1 aromatic heterocycles. The lowest BCUT2D eigenvalue weighted by Crippen LogP contribution is -2.29. The number of aliphatic hydroxyl groups is 1. The standard InChI is InChI=1S/C23H17FN2O3/c24-18-10-8-16(9-11-18)20-19(21(27)17-6-2-1-3-7-17)22(28)23(29)26(20)14-15-5-4-12-25-13-15/h1-13,20,27H,14H2/t20-/m1/s1. The van der Waals surface area contributed by atoms with Gasteiger partial charge in [0.2, 0.25) is 0 Å². The lowest BCUT2D eigenvalue weighted by Gasteiger charge is -2.25. The highest BCUT2D eigenvalue weighted by molar-refractivity contribution is 6.46. The van der Waals surface area contributed by atoms with E-state index in [4.69, 9.17) is 0 Å². The van der Waals surface area contributed by atoms with Gasteiger partial charge in [-0.1, -0.05) is 48.5 Å². The van der Waals surface area contributed by atoms with Crippen molar-refractivity contribution in [2.45, 2.75) is 12.6 Å². The van der Waals surface area contributed by atoms with Gasteiger partial charge in [0.05, 0.1) is 11.6 Å². The number of carbonyl (C=O) groups excluding carboxylic acids is 2. The van der Waals surface area contributed by atoms with Crippen molar-refractivity contribution in [1.29, 1.82) is 0 Å². The number of nitrogens with zero attached hydrogens (tertiary/aromatic N) is 2. The molecular weight excluding hydrogens is 371 g/mol. The molecule has 5 nitrogen and oxygen atoms in total. The summed E-state index contributed by atoms with van der Waals surface area (Å²) in [5, 5.41) is 10.9. The zero-order valence-electron chi connectivity index (χ0n) is 15.3. The summed E-state index contributed by atoms with van der Waals surface area (Å²) in [7, 11) is 0. The molecule has 1 atom stereocenters. The lowest BCUT2D eigenvalue weighted by atomic mass is 9.95. The molecule has 144 valence electrons. The SMILES string of the molecule is O=C1C(=O)N(Cc2cccnc2)[C@H](c2ccc(F)cc2)C1=C(O)c1ccccc1. The van der Waals surface area contributed by atoms with Crippen LogP contribution in [-0.4, -0.2) is 26.7 Å². The van der Waals surface area contributed by atoms with Crippen LogP contribution in [0.2, 0.25) is 0 Å². The number of hydrogen-bond acceptors (Lipinski definition) is 4. The quantitative estimate of drug-likeness (QED) is 0.419. The van der Waals surface area contributed by atoms with E-state index in [0.717, 1.165) is 5.56 Å². The topological polar surface area (TPSA) is 70.5 Å². The van der Waals surface area contributed by atoms with E-state index in [-0.39, 0.29) is 17.9 Å². The molecule has 1 N–H and O–H groups in total. The number of amides is 1. The number of pyridine rings is 1. The maximum atomic E-state index is 13.5. The number of ketones is 1. The first-order valence-electron chi connectivity index (χ1n) is 9.04. The van der Waals surface area contributed by atoms with Crippen molar-refractivity contribution in [3.63, 3.8) is 0 Å². The minimum atomic E-state index is -0.837. The van der Waals surface area contributed by atoms with Gasteiger partial charge in [0.15, 0.2) is 0 Å². The van der Waals surface area contributed by atoms with Crippen LogP contribution in [0.4, 0.5) is 4.39 Å². The highest BCUT2D eigenvalue weighted by atomic mass is 19.1. The molecule has 2 heterocycles. The fourth-order valence-corrected chi connectivity index (χ4v) is 3.47. The molecule has 0 saturated carbocycles. The number of aliphatic hydroxyl groups excluding tert-OH is 1. The Morgan fingerprint density at radius 1 is 1.00 bits per heavy atom. The van der Waals surface area contributed by atoms with Crippen molar-refractivity contribution in [3.05, 3.63) is 107 Å². The van der Waals surface area contributed by atoms with Crippen LogP contribution < -0.4 is 0 Å². The van der Waals surface area contributed by atoms with E-state index < -0.39 is 23.5 Å². The smallest absolute Gasteiger partial charge is 0.295 e. The Labute approximate surface area is 166 Å². The Morgan fingerprint density at radius 2 is 1.72 bits per heavy atom. The molecule has 0 spiro atoms. The summed E-state index contributed by atoms with van der Waals surface area (Å²) in [6.07, 6.45) is 3.22. The molecule has 0 radical (unpaired) electrons. The summed E-state index contributed by atoms with van der Waals surface area (Å²) in [5.74, 6) is -2.18. The minimum absolute atomic E-state index is 0.0169. The van der Waals surface area contributed by atoms with E-state index in [1.807, 2.05) is 0 Å². The van der Waals surface area contributed by atoms with Crippen LogP contribution in [-0.2, 0) is 16.1 Å². The Bertz CT molecular complexity index is 1080. The Kier molecular flexibility index (Phi) is 4.91. The molecule has 1 fully saturated rings. The van der Waals surface area contributed by atoms with Crippen molar-refractivity contribution >= 4 is 17.4 Å². The first kappa shape index (κ1) is 18.6. The summed E-state index contributed by atoms with van der Waals surface area (Å²) >= 11 is 0. The second-order valence-corrected chi connectivity index (χ2v) is 6.71. The van der Waals surface area contributed by atoms with Gasteiger partial charge in [-0.05, 0) is 29.3 Å². The molecule has 2 aromatic carbocycles. The first-order chi connectivity index (χ1) is 14.1. The molecule has 0 bridgehead atoms. The predicted molar refractivity (Wildman–Crippen MR) is 105 cm³/mol. The van der Waals surface area contributed by atoms with Crippen LogP contribution in [0.3, 0.4) is 0 Å². The molecule has 1 saturated heterocycles. The van der Waals surface area contributed by atoms with Crippen molar-refractivity contribution in [2.24, 2.45) is 0 Å². The summed E-state index contributed by atoms with van der Waals surface area (Å²) in [6, 6.07) is 16.8. The second kappa shape index (κ2) is 7.67. The van der Waals surface area contributed by atoms with Crippen LogP contribution in [0.25, 0.3) is 5.76 Å². The van der Waals surface area contributed by atoms with Crippen LogP contribution >= 0.6 is 0 Å². The molecule has 1 aliphatic heterocycles. The van der Waals surface area contributed by atoms with Crippen molar-refractivity contribution in [3.8, 4) is 0 Å². The average molecular weight is 388 g/mol. The number of carbonyl (C=O) groups is 2. The third-order valence-electron chi connectivity index (χ3n) is 4.85. The molecule has 3 aromatic rings. The third kappa shape index (κ3) is 3.52. The van der Waals surface area contributed by atoms with Gasteiger partial charge >= 0.3 is 0 Å². The number of Topliss-reactive ketones (excluding diaryl/α,β-unsaturated/α-hetero) is 1.